The van der Waals surface area contributed by atoms with E-state index in [2.05, 4.69) is 27.2 Å². The second-order valence-electron chi connectivity index (χ2n) is 7.55. The number of anilines is 1. The smallest absolute Gasteiger partial charge is 0.258 e. The molecule has 1 aliphatic rings. The molecular formula is C20H23N5O2. The lowest BCUT2D eigenvalue weighted by Crippen LogP contribution is -2.27. The van der Waals surface area contributed by atoms with E-state index in [1.54, 1.807) is 18.9 Å². The molecule has 3 heterocycles. The zero-order valence-corrected chi connectivity index (χ0v) is 16.0. The highest BCUT2D eigenvalue weighted by molar-refractivity contribution is 6.10. The standard InChI is InChI=1S/C20H23N5O2/c1-12-6-5-7-14(23-12)10-25(4)19(26)15-13(2)27-18-16(15)17(21-11-22-18)24-20(3)8-9-20/h5-7,11H,8-10H2,1-4H3,(H,21,22,24). The number of aromatic nitrogens is 3. The Balaban J connectivity index is 1.69. The van der Waals surface area contributed by atoms with Gasteiger partial charge in [0, 0.05) is 18.3 Å². The predicted molar refractivity (Wildman–Crippen MR) is 103 cm³/mol. The number of carbonyl (C=O) groups is 1. The fourth-order valence-electron chi connectivity index (χ4n) is 3.19. The van der Waals surface area contributed by atoms with E-state index >= 15 is 0 Å². The Morgan fingerprint density at radius 1 is 1.30 bits per heavy atom. The maximum Gasteiger partial charge on any atom is 0.258 e. The molecule has 27 heavy (non-hydrogen) atoms. The Morgan fingerprint density at radius 2 is 2.07 bits per heavy atom. The highest BCUT2D eigenvalue weighted by atomic mass is 16.3. The minimum atomic E-state index is -0.131. The van der Waals surface area contributed by atoms with Crippen LogP contribution in [-0.4, -0.2) is 38.3 Å². The average Bonchev–Trinajstić information content (AvgIpc) is 3.23. The van der Waals surface area contributed by atoms with Gasteiger partial charge in [0.05, 0.1) is 23.2 Å². The number of rotatable bonds is 5. The van der Waals surface area contributed by atoms with Crippen molar-refractivity contribution in [3.05, 3.63) is 47.2 Å². The van der Waals surface area contributed by atoms with E-state index in [4.69, 9.17) is 4.42 Å². The van der Waals surface area contributed by atoms with Crippen LogP contribution >= 0.6 is 0 Å². The van der Waals surface area contributed by atoms with Gasteiger partial charge < -0.3 is 14.6 Å². The van der Waals surface area contributed by atoms with Crippen molar-refractivity contribution in [3.63, 3.8) is 0 Å². The number of nitrogens with one attached hydrogen (secondary N) is 1. The minimum absolute atomic E-state index is 0.0319. The molecular weight excluding hydrogens is 342 g/mol. The fourth-order valence-corrected chi connectivity index (χ4v) is 3.19. The first-order valence-corrected chi connectivity index (χ1v) is 9.06. The lowest BCUT2D eigenvalue weighted by molar-refractivity contribution is 0.0783. The predicted octanol–water partition coefficient (Wildman–Crippen LogP) is 3.47. The summed E-state index contributed by atoms with van der Waals surface area (Å²) in [6.45, 7) is 6.29. The molecule has 0 aromatic carbocycles. The van der Waals surface area contributed by atoms with Crippen LogP contribution in [0.1, 0.15) is 47.3 Å². The van der Waals surface area contributed by atoms with Crippen molar-refractivity contribution in [2.75, 3.05) is 12.4 Å². The van der Waals surface area contributed by atoms with E-state index in [0.717, 1.165) is 24.2 Å². The summed E-state index contributed by atoms with van der Waals surface area (Å²) in [4.78, 5) is 27.9. The van der Waals surface area contributed by atoms with E-state index in [1.807, 2.05) is 25.1 Å². The fraction of sp³-hybridized carbons (Fsp3) is 0.400. The minimum Gasteiger partial charge on any atom is -0.442 e. The largest absolute Gasteiger partial charge is 0.442 e. The molecule has 0 atom stereocenters. The Labute approximate surface area is 157 Å². The van der Waals surface area contributed by atoms with Gasteiger partial charge in [-0.2, -0.15) is 0 Å². The maximum absolute atomic E-state index is 13.2. The molecule has 1 aliphatic carbocycles. The molecule has 3 aromatic rings. The van der Waals surface area contributed by atoms with Crippen molar-refractivity contribution >= 4 is 22.8 Å². The van der Waals surface area contributed by atoms with Gasteiger partial charge in [-0.05, 0) is 45.7 Å². The third-order valence-corrected chi connectivity index (χ3v) is 4.99. The number of amides is 1. The summed E-state index contributed by atoms with van der Waals surface area (Å²) in [5.41, 5.74) is 2.74. The van der Waals surface area contributed by atoms with Crippen LogP contribution in [0.25, 0.3) is 11.1 Å². The summed E-state index contributed by atoms with van der Waals surface area (Å²) >= 11 is 0. The lowest BCUT2D eigenvalue weighted by Gasteiger charge is -2.18. The zero-order valence-electron chi connectivity index (χ0n) is 16.0. The number of aryl methyl sites for hydroxylation is 2. The van der Waals surface area contributed by atoms with Crippen molar-refractivity contribution < 1.29 is 9.21 Å². The van der Waals surface area contributed by atoms with Crippen LogP contribution < -0.4 is 5.32 Å². The van der Waals surface area contributed by atoms with Gasteiger partial charge in [-0.1, -0.05) is 6.07 Å². The van der Waals surface area contributed by atoms with Gasteiger partial charge >= 0.3 is 0 Å². The number of hydrogen-bond donors (Lipinski definition) is 1. The maximum atomic E-state index is 13.2. The topological polar surface area (TPSA) is 84.2 Å². The molecule has 3 aromatic heterocycles. The second-order valence-corrected chi connectivity index (χ2v) is 7.55. The highest BCUT2D eigenvalue weighted by Crippen LogP contribution is 2.40. The molecule has 0 spiro atoms. The van der Waals surface area contributed by atoms with Crippen LogP contribution in [0.5, 0.6) is 0 Å². The van der Waals surface area contributed by atoms with Gasteiger partial charge in [0.1, 0.15) is 17.9 Å². The van der Waals surface area contributed by atoms with Crippen molar-refractivity contribution in [1.29, 1.82) is 0 Å². The third-order valence-electron chi connectivity index (χ3n) is 4.99. The summed E-state index contributed by atoms with van der Waals surface area (Å²) < 4.78 is 5.76. The SMILES string of the molecule is Cc1cccc(CN(C)C(=O)c2c(C)oc3ncnc(NC4(C)CC4)c23)n1. The normalized spacial score (nSPS) is 15.0. The number of hydrogen-bond acceptors (Lipinski definition) is 6. The van der Waals surface area contributed by atoms with Crippen molar-refractivity contribution in [1.82, 2.24) is 19.9 Å². The Bertz CT molecular complexity index is 1020. The van der Waals surface area contributed by atoms with Gasteiger partial charge in [-0.15, -0.1) is 0 Å². The Morgan fingerprint density at radius 3 is 2.78 bits per heavy atom. The first-order chi connectivity index (χ1) is 12.9. The highest BCUT2D eigenvalue weighted by Gasteiger charge is 2.38. The molecule has 0 aliphatic heterocycles. The van der Waals surface area contributed by atoms with Crippen molar-refractivity contribution in [3.8, 4) is 0 Å². The Hall–Kier alpha value is -2.96. The number of pyridine rings is 1. The molecule has 4 rings (SSSR count). The monoisotopic (exact) mass is 365 g/mol. The summed E-state index contributed by atoms with van der Waals surface area (Å²) in [6.07, 6.45) is 3.63. The molecule has 0 unspecified atom stereocenters. The van der Waals surface area contributed by atoms with Gasteiger partial charge in [0.2, 0.25) is 5.71 Å². The number of carbonyl (C=O) groups excluding carboxylic acids is 1. The quantitative estimate of drug-likeness (QED) is 0.745. The molecule has 140 valence electrons. The number of furan rings is 1. The lowest BCUT2D eigenvalue weighted by atomic mass is 10.1. The molecule has 7 nitrogen and oxygen atoms in total. The van der Waals surface area contributed by atoms with Crippen molar-refractivity contribution in [2.24, 2.45) is 0 Å². The average molecular weight is 365 g/mol. The van der Waals surface area contributed by atoms with Crippen LogP contribution in [0, 0.1) is 13.8 Å². The van der Waals surface area contributed by atoms with E-state index < -0.39 is 0 Å². The summed E-state index contributed by atoms with van der Waals surface area (Å²) in [5, 5.41) is 4.10. The van der Waals surface area contributed by atoms with E-state index in [0.29, 0.717) is 34.8 Å². The second kappa shape index (κ2) is 6.33. The van der Waals surface area contributed by atoms with Crippen LogP contribution in [0.3, 0.4) is 0 Å². The molecule has 0 saturated heterocycles. The van der Waals surface area contributed by atoms with Gasteiger partial charge in [-0.25, -0.2) is 9.97 Å². The first kappa shape index (κ1) is 17.5. The molecule has 0 bridgehead atoms. The third kappa shape index (κ3) is 3.37. The zero-order chi connectivity index (χ0) is 19.2. The first-order valence-electron chi connectivity index (χ1n) is 9.06. The van der Waals surface area contributed by atoms with Gasteiger partial charge in [0.25, 0.3) is 5.91 Å². The van der Waals surface area contributed by atoms with Crippen molar-refractivity contribution in [2.45, 2.75) is 45.7 Å². The molecule has 7 heteroatoms. The number of fused-ring (bicyclic) bond motifs is 1. The van der Waals surface area contributed by atoms with E-state index in [1.165, 1.54) is 6.33 Å². The molecule has 1 fully saturated rings. The van der Waals surface area contributed by atoms with Gasteiger partial charge in [0.15, 0.2) is 0 Å². The molecule has 1 N–H and O–H groups in total. The molecule has 1 amide bonds. The van der Waals surface area contributed by atoms with E-state index in [9.17, 15) is 4.79 Å². The summed E-state index contributed by atoms with van der Waals surface area (Å²) in [7, 11) is 1.77. The Kier molecular flexibility index (Phi) is 4.09. The molecule has 0 radical (unpaired) electrons. The molecule has 1 saturated carbocycles. The van der Waals surface area contributed by atoms with Crippen LogP contribution in [0.2, 0.25) is 0 Å². The summed E-state index contributed by atoms with van der Waals surface area (Å²) in [6, 6.07) is 5.80. The van der Waals surface area contributed by atoms with E-state index in [-0.39, 0.29) is 11.4 Å². The van der Waals surface area contributed by atoms with Gasteiger partial charge in [-0.3, -0.25) is 9.78 Å². The van der Waals surface area contributed by atoms with Crippen LogP contribution in [0.4, 0.5) is 5.82 Å². The van der Waals surface area contributed by atoms with Crippen LogP contribution in [0.15, 0.2) is 28.9 Å². The summed E-state index contributed by atoms with van der Waals surface area (Å²) in [5.74, 6) is 1.07. The number of nitrogens with zero attached hydrogens (tertiary/aromatic N) is 4. The van der Waals surface area contributed by atoms with Crippen LogP contribution in [-0.2, 0) is 6.54 Å².